The summed E-state index contributed by atoms with van der Waals surface area (Å²) in [7, 11) is -3.26. The van der Waals surface area contributed by atoms with Gasteiger partial charge in [-0.25, -0.2) is 8.42 Å². The summed E-state index contributed by atoms with van der Waals surface area (Å²) in [5.74, 6) is -0.577. The summed E-state index contributed by atoms with van der Waals surface area (Å²) in [6.07, 6.45) is -3.12. The normalized spacial score (nSPS) is 19.8. The van der Waals surface area contributed by atoms with Crippen LogP contribution in [0.4, 0.5) is 13.2 Å². The molecule has 2 rings (SSSR count). The fourth-order valence-electron chi connectivity index (χ4n) is 2.27. The van der Waals surface area contributed by atoms with Crippen LogP contribution in [-0.4, -0.2) is 43.8 Å². The van der Waals surface area contributed by atoms with Gasteiger partial charge in [0.2, 0.25) is 0 Å². The van der Waals surface area contributed by atoms with E-state index in [0.717, 1.165) is 18.4 Å². The molecule has 0 bridgehead atoms. The highest BCUT2D eigenvalue weighted by Crippen LogP contribution is 2.30. The Labute approximate surface area is 120 Å². The minimum absolute atomic E-state index is 0.0217. The number of amides is 1. The topological polar surface area (TPSA) is 54.5 Å². The van der Waals surface area contributed by atoms with Crippen molar-refractivity contribution in [3.8, 4) is 0 Å². The number of nitrogens with zero attached hydrogens (tertiary/aromatic N) is 1. The first-order chi connectivity index (χ1) is 9.59. The van der Waals surface area contributed by atoms with Crippen molar-refractivity contribution < 1.29 is 26.4 Å². The summed E-state index contributed by atoms with van der Waals surface area (Å²) in [5, 5.41) is -0.646. The summed E-state index contributed by atoms with van der Waals surface area (Å²) in [4.78, 5) is 13.4. The lowest BCUT2D eigenvalue weighted by Gasteiger charge is -2.17. The molecule has 21 heavy (non-hydrogen) atoms. The Morgan fingerprint density at radius 1 is 1.33 bits per heavy atom. The molecule has 1 heterocycles. The van der Waals surface area contributed by atoms with E-state index in [1.807, 2.05) is 0 Å². The summed E-state index contributed by atoms with van der Waals surface area (Å²) >= 11 is 0. The zero-order valence-corrected chi connectivity index (χ0v) is 12.0. The number of carbonyl (C=O) groups excluding carboxylic acids is 1. The lowest BCUT2D eigenvalue weighted by Crippen LogP contribution is -2.31. The molecule has 1 saturated heterocycles. The van der Waals surface area contributed by atoms with E-state index in [4.69, 9.17) is 0 Å². The molecule has 8 heteroatoms. The van der Waals surface area contributed by atoms with Crippen molar-refractivity contribution in [3.05, 3.63) is 35.4 Å². The van der Waals surface area contributed by atoms with Crippen LogP contribution in [0.15, 0.2) is 24.3 Å². The maximum absolute atomic E-state index is 12.6. The zero-order valence-electron chi connectivity index (χ0n) is 11.2. The van der Waals surface area contributed by atoms with Gasteiger partial charge < -0.3 is 4.90 Å². The van der Waals surface area contributed by atoms with Crippen molar-refractivity contribution in [3.63, 3.8) is 0 Å². The highest BCUT2D eigenvalue weighted by atomic mass is 32.2. The third-order valence-corrected chi connectivity index (χ3v) is 5.07. The van der Waals surface area contributed by atoms with Crippen molar-refractivity contribution >= 4 is 15.7 Å². The quantitative estimate of drug-likeness (QED) is 0.837. The van der Waals surface area contributed by atoms with E-state index in [1.54, 1.807) is 0 Å². The zero-order chi connectivity index (χ0) is 15.8. The monoisotopic (exact) mass is 321 g/mol. The molecule has 1 aromatic rings. The third-order valence-electron chi connectivity index (χ3n) is 3.47. The van der Waals surface area contributed by atoms with Crippen molar-refractivity contribution in [2.24, 2.45) is 0 Å². The summed E-state index contributed by atoms with van der Waals surface area (Å²) < 4.78 is 60.7. The SMILES string of the molecule is CS(=O)(=O)C1CCN(C(=O)c2cccc(C(F)(F)F)c2)C1. The van der Waals surface area contributed by atoms with E-state index in [0.29, 0.717) is 6.42 Å². The number of halogens is 3. The predicted octanol–water partition coefficient (Wildman–Crippen LogP) is 1.96. The predicted molar refractivity (Wildman–Crippen MR) is 70.6 cm³/mol. The average molecular weight is 321 g/mol. The smallest absolute Gasteiger partial charge is 0.337 e. The molecule has 4 nitrogen and oxygen atoms in total. The summed E-state index contributed by atoms with van der Waals surface area (Å²) in [6, 6.07) is 4.14. The maximum atomic E-state index is 12.6. The van der Waals surface area contributed by atoms with Gasteiger partial charge in [0, 0.05) is 24.9 Å². The van der Waals surface area contributed by atoms with E-state index in [1.165, 1.54) is 17.0 Å². The van der Waals surface area contributed by atoms with Gasteiger partial charge in [-0.05, 0) is 24.6 Å². The van der Waals surface area contributed by atoms with Crippen LogP contribution < -0.4 is 0 Å². The fraction of sp³-hybridized carbons (Fsp3) is 0.462. The van der Waals surface area contributed by atoms with Gasteiger partial charge in [-0.3, -0.25) is 4.79 Å². The number of sulfone groups is 1. The second-order valence-corrected chi connectivity index (χ2v) is 7.40. The lowest BCUT2D eigenvalue weighted by molar-refractivity contribution is -0.137. The van der Waals surface area contributed by atoms with Crippen molar-refractivity contribution in [1.29, 1.82) is 0 Å². The van der Waals surface area contributed by atoms with E-state index < -0.39 is 32.7 Å². The van der Waals surface area contributed by atoms with E-state index in [2.05, 4.69) is 0 Å². The molecule has 0 saturated carbocycles. The molecule has 116 valence electrons. The van der Waals surface area contributed by atoms with Gasteiger partial charge in [0.15, 0.2) is 9.84 Å². The van der Waals surface area contributed by atoms with Gasteiger partial charge >= 0.3 is 6.18 Å². The molecule has 0 aliphatic carbocycles. The minimum Gasteiger partial charge on any atom is -0.337 e. The first-order valence-electron chi connectivity index (χ1n) is 6.24. The molecule has 1 amide bonds. The number of alkyl halides is 3. The highest BCUT2D eigenvalue weighted by molar-refractivity contribution is 7.91. The van der Waals surface area contributed by atoms with Crippen LogP contribution in [-0.2, 0) is 16.0 Å². The Balaban J connectivity index is 2.19. The number of benzene rings is 1. The Morgan fingerprint density at radius 2 is 2.00 bits per heavy atom. The van der Waals surface area contributed by atoms with Crippen molar-refractivity contribution in [2.75, 3.05) is 19.3 Å². The van der Waals surface area contributed by atoms with Crippen LogP contribution in [0.2, 0.25) is 0 Å². The second kappa shape index (κ2) is 5.32. The molecule has 1 fully saturated rings. The van der Waals surface area contributed by atoms with E-state index in [9.17, 15) is 26.4 Å². The molecular formula is C13H14F3NO3S. The number of rotatable bonds is 2. The van der Waals surface area contributed by atoms with Gasteiger partial charge in [-0.1, -0.05) is 6.07 Å². The number of hydrogen-bond donors (Lipinski definition) is 0. The van der Waals surface area contributed by atoms with Gasteiger partial charge in [0.1, 0.15) is 0 Å². The fourth-order valence-corrected chi connectivity index (χ4v) is 3.26. The standard InChI is InChI=1S/C13H14F3NO3S/c1-21(19,20)11-5-6-17(8-11)12(18)9-3-2-4-10(7-9)13(14,15)16/h2-4,7,11H,5-6,8H2,1H3. The van der Waals surface area contributed by atoms with Crippen LogP contribution >= 0.6 is 0 Å². The summed E-state index contributed by atoms with van der Waals surface area (Å²) in [5.41, 5.74) is -0.980. The Kier molecular flexibility index (Phi) is 4.01. The van der Waals surface area contributed by atoms with Gasteiger partial charge in [0.05, 0.1) is 10.8 Å². The summed E-state index contributed by atoms with van der Waals surface area (Å²) in [6.45, 7) is 0.251. The Hall–Kier alpha value is -1.57. The number of carbonyl (C=O) groups is 1. The largest absolute Gasteiger partial charge is 0.416 e. The Bertz CT molecular complexity index is 655. The van der Waals surface area contributed by atoms with Gasteiger partial charge in [-0.15, -0.1) is 0 Å². The molecule has 0 radical (unpaired) electrons. The second-order valence-electron chi connectivity index (χ2n) is 5.07. The molecule has 0 aromatic heterocycles. The molecule has 1 aliphatic heterocycles. The molecular weight excluding hydrogens is 307 g/mol. The average Bonchev–Trinajstić information content (AvgIpc) is 2.86. The van der Waals surface area contributed by atoms with Crippen molar-refractivity contribution in [1.82, 2.24) is 4.90 Å². The Morgan fingerprint density at radius 3 is 2.52 bits per heavy atom. The van der Waals surface area contributed by atoms with Crippen LogP contribution in [0.3, 0.4) is 0 Å². The van der Waals surface area contributed by atoms with Crippen molar-refractivity contribution in [2.45, 2.75) is 17.8 Å². The van der Waals surface area contributed by atoms with Crippen LogP contribution in [0.5, 0.6) is 0 Å². The number of hydrogen-bond acceptors (Lipinski definition) is 3. The van der Waals surface area contributed by atoms with Crippen LogP contribution in [0.1, 0.15) is 22.3 Å². The van der Waals surface area contributed by atoms with Gasteiger partial charge in [-0.2, -0.15) is 13.2 Å². The first-order valence-corrected chi connectivity index (χ1v) is 8.20. The number of likely N-dealkylation sites (tertiary alicyclic amines) is 1. The molecule has 0 N–H and O–H groups in total. The third kappa shape index (κ3) is 3.55. The van der Waals surface area contributed by atoms with Crippen LogP contribution in [0, 0.1) is 0 Å². The van der Waals surface area contributed by atoms with E-state index >= 15 is 0 Å². The van der Waals surface area contributed by atoms with Crippen LogP contribution in [0.25, 0.3) is 0 Å². The molecule has 1 aromatic carbocycles. The maximum Gasteiger partial charge on any atom is 0.416 e. The lowest BCUT2D eigenvalue weighted by atomic mass is 10.1. The molecule has 0 spiro atoms. The molecule has 1 aliphatic rings. The first kappa shape index (κ1) is 15.8. The molecule has 1 unspecified atom stereocenters. The van der Waals surface area contributed by atoms with E-state index in [-0.39, 0.29) is 18.7 Å². The van der Waals surface area contributed by atoms with Gasteiger partial charge in [0.25, 0.3) is 5.91 Å². The highest BCUT2D eigenvalue weighted by Gasteiger charge is 2.34. The molecule has 1 atom stereocenters. The minimum atomic E-state index is -4.52.